The highest BCUT2D eigenvalue weighted by Crippen LogP contribution is 2.27. The number of nitrogens with one attached hydrogen (secondary N) is 1. The number of aromatic nitrogens is 3. The first-order valence-corrected chi connectivity index (χ1v) is 8.21. The molecule has 0 aliphatic carbocycles. The molecule has 0 aliphatic heterocycles. The summed E-state index contributed by atoms with van der Waals surface area (Å²) in [6.45, 7) is 3.98. The van der Waals surface area contributed by atoms with Crippen LogP contribution in [-0.2, 0) is 4.79 Å². The minimum absolute atomic E-state index is 0.0177. The van der Waals surface area contributed by atoms with Crippen LogP contribution in [0.5, 0.6) is 0 Å². The molecule has 1 amide bonds. The van der Waals surface area contributed by atoms with Crippen LogP contribution in [-0.4, -0.2) is 20.7 Å². The largest absolute Gasteiger partial charge is 0.311 e. The van der Waals surface area contributed by atoms with Gasteiger partial charge in [-0.3, -0.25) is 4.79 Å². The molecule has 0 atom stereocenters. The Hall–Kier alpha value is -2.21. The van der Waals surface area contributed by atoms with Gasteiger partial charge in [0.1, 0.15) is 5.82 Å². The highest BCUT2D eigenvalue weighted by atomic mass is 32.1. The van der Waals surface area contributed by atoms with E-state index in [-0.39, 0.29) is 5.91 Å². The maximum Gasteiger partial charge on any atom is 0.225 e. The monoisotopic (exact) mass is 314 g/mol. The van der Waals surface area contributed by atoms with Crippen molar-refractivity contribution in [2.75, 3.05) is 5.32 Å². The number of hydrogen-bond acceptors (Lipinski definition) is 4. The maximum absolute atomic E-state index is 12.0. The minimum Gasteiger partial charge on any atom is -0.311 e. The SMILES string of the molecule is CCCCC(=O)Nc1cc(C)nn1-c1nc2ccccc2s1. The highest BCUT2D eigenvalue weighted by Gasteiger charge is 2.14. The minimum atomic E-state index is 0.0177. The molecule has 0 saturated carbocycles. The van der Waals surface area contributed by atoms with Crippen molar-refractivity contribution >= 4 is 33.3 Å². The molecule has 6 heteroatoms. The number of amides is 1. The lowest BCUT2D eigenvalue weighted by Crippen LogP contribution is -2.14. The molecule has 0 fully saturated rings. The molecule has 1 N–H and O–H groups in total. The van der Waals surface area contributed by atoms with E-state index in [4.69, 9.17) is 0 Å². The van der Waals surface area contributed by atoms with Gasteiger partial charge < -0.3 is 5.32 Å². The van der Waals surface area contributed by atoms with Crippen molar-refractivity contribution < 1.29 is 4.79 Å². The molecule has 0 bridgehead atoms. The van der Waals surface area contributed by atoms with Crippen LogP contribution < -0.4 is 5.32 Å². The summed E-state index contributed by atoms with van der Waals surface area (Å²) in [6.07, 6.45) is 2.42. The molecule has 5 nitrogen and oxygen atoms in total. The van der Waals surface area contributed by atoms with E-state index in [1.807, 2.05) is 37.3 Å². The normalized spacial score (nSPS) is 11.0. The second-order valence-corrected chi connectivity index (χ2v) is 6.21. The lowest BCUT2D eigenvalue weighted by Gasteiger charge is -2.05. The molecule has 3 rings (SSSR count). The number of carbonyl (C=O) groups is 1. The van der Waals surface area contributed by atoms with E-state index in [9.17, 15) is 4.79 Å². The first-order valence-electron chi connectivity index (χ1n) is 7.40. The van der Waals surface area contributed by atoms with E-state index >= 15 is 0 Å². The smallest absolute Gasteiger partial charge is 0.225 e. The molecule has 3 aromatic rings. The van der Waals surface area contributed by atoms with Crippen LogP contribution in [0.1, 0.15) is 31.9 Å². The van der Waals surface area contributed by atoms with Crippen molar-refractivity contribution in [3.63, 3.8) is 0 Å². The van der Waals surface area contributed by atoms with Crippen molar-refractivity contribution in [2.45, 2.75) is 33.1 Å². The number of nitrogens with zero attached hydrogens (tertiary/aromatic N) is 3. The number of para-hydroxylation sites is 1. The number of rotatable bonds is 5. The van der Waals surface area contributed by atoms with E-state index in [0.717, 1.165) is 33.9 Å². The topological polar surface area (TPSA) is 59.8 Å². The quantitative estimate of drug-likeness (QED) is 0.776. The number of unbranched alkanes of at least 4 members (excludes halogenated alkanes) is 1. The van der Waals surface area contributed by atoms with Gasteiger partial charge in [-0.15, -0.1) is 0 Å². The van der Waals surface area contributed by atoms with Crippen molar-refractivity contribution in [1.82, 2.24) is 14.8 Å². The van der Waals surface area contributed by atoms with Gasteiger partial charge in [-0.2, -0.15) is 9.78 Å². The summed E-state index contributed by atoms with van der Waals surface area (Å²) in [5.41, 5.74) is 1.80. The zero-order valence-corrected chi connectivity index (χ0v) is 13.5. The van der Waals surface area contributed by atoms with Gasteiger partial charge in [-0.1, -0.05) is 36.8 Å². The molecule has 1 aromatic carbocycles. The number of fused-ring (bicyclic) bond motifs is 1. The van der Waals surface area contributed by atoms with Crippen LogP contribution in [0.2, 0.25) is 0 Å². The fourth-order valence-corrected chi connectivity index (χ4v) is 3.16. The van der Waals surface area contributed by atoms with E-state index in [1.54, 1.807) is 16.0 Å². The van der Waals surface area contributed by atoms with Crippen molar-refractivity contribution in [1.29, 1.82) is 0 Å². The molecule has 0 spiro atoms. The summed E-state index contributed by atoms with van der Waals surface area (Å²) >= 11 is 1.56. The molecule has 0 aliphatic rings. The average molecular weight is 314 g/mol. The predicted molar refractivity (Wildman–Crippen MR) is 89.6 cm³/mol. The molecule has 2 aromatic heterocycles. The van der Waals surface area contributed by atoms with E-state index in [0.29, 0.717) is 12.2 Å². The zero-order chi connectivity index (χ0) is 15.5. The Bertz CT molecular complexity index is 772. The zero-order valence-electron chi connectivity index (χ0n) is 12.7. The van der Waals surface area contributed by atoms with Gasteiger partial charge in [-0.25, -0.2) is 4.98 Å². The van der Waals surface area contributed by atoms with Crippen LogP contribution in [0.4, 0.5) is 5.82 Å². The Morgan fingerprint density at radius 2 is 2.18 bits per heavy atom. The van der Waals surface area contributed by atoms with Crippen LogP contribution in [0.25, 0.3) is 15.3 Å². The van der Waals surface area contributed by atoms with Crippen molar-refractivity contribution in [2.24, 2.45) is 0 Å². The number of aryl methyl sites for hydroxylation is 1. The standard InChI is InChI=1S/C16H18N4OS/c1-3-4-9-15(21)18-14-10-11(2)19-20(14)16-17-12-7-5-6-8-13(12)22-16/h5-8,10H,3-4,9H2,1-2H3,(H,18,21). The van der Waals surface area contributed by atoms with Crippen LogP contribution in [0, 0.1) is 6.92 Å². The van der Waals surface area contributed by atoms with E-state index < -0.39 is 0 Å². The summed E-state index contributed by atoms with van der Waals surface area (Å²) in [5.74, 6) is 0.696. The Morgan fingerprint density at radius 1 is 1.36 bits per heavy atom. The first kappa shape index (κ1) is 14.7. The molecule has 0 unspecified atom stereocenters. The third kappa shape index (κ3) is 3.01. The Kier molecular flexibility index (Phi) is 4.20. The molecule has 0 saturated heterocycles. The highest BCUT2D eigenvalue weighted by molar-refractivity contribution is 7.20. The van der Waals surface area contributed by atoms with Crippen LogP contribution in [0.15, 0.2) is 30.3 Å². The summed E-state index contributed by atoms with van der Waals surface area (Å²) in [6, 6.07) is 9.84. The van der Waals surface area contributed by atoms with Crippen molar-refractivity contribution in [3.05, 3.63) is 36.0 Å². The fourth-order valence-electron chi connectivity index (χ4n) is 2.23. The Morgan fingerprint density at radius 3 is 2.95 bits per heavy atom. The summed E-state index contributed by atoms with van der Waals surface area (Å²) < 4.78 is 2.82. The number of hydrogen-bond donors (Lipinski definition) is 1. The molecule has 114 valence electrons. The third-order valence-electron chi connectivity index (χ3n) is 3.32. The lowest BCUT2D eigenvalue weighted by atomic mass is 10.2. The number of thiazole rings is 1. The summed E-state index contributed by atoms with van der Waals surface area (Å²) in [7, 11) is 0. The third-order valence-corrected chi connectivity index (χ3v) is 4.33. The summed E-state index contributed by atoms with van der Waals surface area (Å²) in [4.78, 5) is 16.6. The van der Waals surface area contributed by atoms with Gasteiger partial charge in [0.2, 0.25) is 11.0 Å². The van der Waals surface area contributed by atoms with E-state index in [1.165, 1.54) is 0 Å². The lowest BCUT2D eigenvalue weighted by molar-refractivity contribution is -0.116. The Balaban J connectivity index is 1.91. The predicted octanol–water partition coefficient (Wildman–Crippen LogP) is 3.92. The number of carbonyl (C=O) groups excluding carboxylic acids is 1. The van der Waals surface area contributed by atoms with Gasteiger partial charge in [0.15, 0.2) is 0 Å². The molecule has 22 heavy (non-hydrogen) atoms. The second kappa shape index (κ2) is 6.27. The van der Waals surface area contributed by atoms with Gasteiger partial charge in [0, 0.05) is 12.5 Å². The van der Waals surface area contributed by atoms with Crippen LogP contribution >= 0.6 is 11.3 Å². The van der Waals surface area contributed by atoms with Crippen LogP contribution in [0.3, 0.4) is 0 Å². The molecular formula is C16H18N4OS. The number of benzene rings is 1. The average Bonchev–Trinajstić information content (AvgIpc) is 3.08. The molecular weight excluding hydrogens is 296 g/mol. The van der Waals surface area contributed by atoms with Gasteiger partial charge >= 0.3 is 0 Å². The van der Waals surface area contributed by atoms with Crippen molar-refractivity contribution in [3.8, 4) is 5.13 Å². The van der Waals surface area contributed by atoms with Gasteiger partial charge in [-0.05, 0) is 25.5 Å². The Labute approximate surface area is 133 Å². The number of anilines is 1. The molecule has 0 radical (unpaired) electrons. The fraction of sp³-hybridized carbons (Fsp3) is 0.312. The van der Waals surface area contributed by atoms with E-state index in [2.05, 4.69) is 22.3 Å². The second-order valence-electron chi connectivity index (χ2n) is 5.20. The van der Waals surface area contributed by atoms with Gasteiger partial charge in [0.05, 0.1) is 15.9 Å². The first-order chi connectivity index (χ1) is 10.7. The summed E-state index contributed by atoms with van der Waals surface area (Å²) in [5, 5.41) is 8.16. The van der Waals surface area contributed by atoms with Gasteiger partial charge in [0.25, 0.3) is 0 Å². The maximum atomic E-state index is 12.0. The molecule has 2 heterocycles.